The number of nitrogens with zero attached hydrogens (tertiary/aromatic N) is 6. The quantitative estimate of drug-likeness (QED) is 0.222. The molecule has 0 spiro atoms. The molecule has 0 bridgehead atoms. The Kier molecular flexibility index (Phi) is 11.1. The van der Waals surface area contributed by atoms with Gasteiger partial charge < -0.3 is 20.4 Å². The molecule has 2 aliphatic heterocycles. The molecule has 0 unspecified atom stereocenters. The Morgan fingerprint density at radius 2 is 1.77 bits per heavy atom. The Balaban J connectivity index is 0.00000320. The first-order valence-electron chi connectivity index (χ1n) is 10.8. The molecule has 10 heteroatoms. The monoisotopic (exact) mass is 530 g/mol. The number of halogens is 1. The summed E-state index contributed by atoms with van der Waals surface area (Å²) in [6.07, 6.45) is 6.85. The molecule has 3 heterocycles. The van der Waals surface area contributed by atoms with Crippen LogP contribution in [0.3, 0.4) is 0 Å². The van der Waals surface area contributed by atoms with Gasteiger partial charge in [0.25, 0.3) is 0 Å². The second kappa shape index (κ2) is 13.6. The average Bonchev–Trinajstić information content (AvgIpc) is 3.31. The van der Waals surface area contributed by atoms with Crippen LogP contribution in [0.2, 0.25) is 0 Å². The summed E-state index contributed by atoms with van der Waals surface area (Å²) in [5.41, 5.74) is 0. The third-order valence-electron chi connectivity index (χ3n) is 5.33. The van der Waals surface area contributed by atoms with E-state index in [1.54, 1.807) is 12.4 Å². The molecule has 0 saturated carbocycles. The van der Waals surface area contributed by atoms with Crippen molar-refractivity contribution in [3.05, 3.63) is 18.5 Å². The van der Waals surface area contributed by atoms with Gasteiger partial charge in [0.1, 0.15) is 6.54 Å². The Morgan fingerprint density at radius 1 is 1.07 bits per heavy atom. The molecule has 1 aromatic heterocycles. The predicted octanol–water partition coefficient (Wildman–Crippen LogP) is 0.784. The van der Waals surface area contributed by atoms with Crippen molar-refractivity contribution in [3.8, 4) is 0 Å². The van der Waals surface area contributed by atoms with Gasteiger partial charge in [-0.2, -0.15) is 0 Å². The van der Waals surface area contributed by atoms with Crippen molar-refractivity contribution in [2.45, 2.75) is 26.2 Å². The van der Waals surface area contributed by atoms with Crippen molar-refractivity contribution >= 4 is 41.8 Å². The highest BCUT2D eigenvalue weighted by atomic mass is 127. The number of anilines is 1. The van der Waals surface area contributed by atoms with Crippen molar-refractivity contribution < 1.29 is 4.79 Å². The number of rotatable bonds is 8. The SMILES string of the molecule is CCNC(=NCC(=O)N1CCCC1)NCCCN1CCN(c2ncccn2)CC1.I. The van der Waals surface area contributed by atoms with E-state index in [1.807, 2.05) is 17.9 Å². The number of aliphatic imine (C=N–C) groups is 1. The topological polar surface area (TPSA) is 89.0 Å². The van der Waals surface area contributed by atoms with E-state index in [0.717, 1.165) is 90.1 Å². The predicted molar refractivity (Wildman–Crippen MR) is 131 cm³/mol. The molecule has 2 N–H and O–H groups in total. The standard InChI is InChI=1S/C20H34N8O.HI/c1-2-21-19(25-17-18(29)27-11-3-4-12-27)22-9-6-10-26-13-15-28(16-14-26)20-23-7-5-8-24-20;/h5,7-8H,2-4,6,9-17H2,1H3,(H2,21,22,25);1H. The molecule has 168 valence electrons. The second-order valence-corrected chi connectivity index (χ2v) is 7.44. The number of piperazine rings is 1. The molecule has 3 rings (SSSR count). The van der Waals surface area contributed by atoms with Crippen LogP contribution in [0, 0.1) is 0 Å². The highest BCUT2D eigenvalue weighted by Gasteiger charge is 2.19. The number of likely N-dealkylation sites (tertiary alicyclic amines) is 1. The van der Waals surface area contributed by atoms with Crippen LogP contribution in [0.5, 0.6) is 0 Å². The molecule has 2 saturated heterocycles. The highest BCUT2D eigenvalue weighted by Crippen LogP contribution is 2.09. The molecule has 0 aromatic carbocycles. The third kappa shape index (κ3) is 7.86. The molecular formula is C20H35IN8O. The van der Waals surface area contributed by atoms with Gasteiger partial charge in [0.15, 0.2) is 5.96 Å². The number of carbonyl (C=O) groups excluding carboxylic acids is 1. The van der Waals surface area contributed by atoms with Crippen LogP contribution in [0.15, 0.2) is 23.5 Å². The lowest BCUT2D eigenvalue weighted by Crippen LogP contribution is -2.47. The van der Waals surface area contributed by atoms with Crippen LogP contribution in [0.1, 0.15) is 26.2 Å². The number of amides is 1. The molecule has 0 atom stereocenters. The lowest BCUT2D eigenvalue weighted by molar-refractivity contribution is -0.128. The van der Waals surface area contributed by atoms with Gasteiger partial charge in [-0.1, -0.05) is 0 Å². The zero-order chi connectivity index (χ0) is 20.3. The minimum absolute atomic E-state index is 0. The number of hydrogen-bond donors (Lipinski definition) is 2. The fraction of sp³-hybridized carbons (Fsp3) is 0.700. The molecule has 9 nitrogen and oxygen atoms in total. The van der Waals surface area contributed by atoms with E-state index in [-0.39, 0.29) is 36.4 Å². The highest BCUT2D eigenvalue weighted by molar-refractivity contribution is 14.0. The lowest BCUT2D eigenvalue weighted by atomic mass is 10.3. The van der Waals surface area contributed by atoms with Crippen molar-refractivity contribution in [1.82, 2.24) is 30.4 Å². The van der Waals surface area contributed by atoms with Gasteiger partial charge in [0, 0.05) is 64.8 Å². The van der Waals surface area contributed by atoms with Gasteiger partial charge in [0.2, 0.25) is 11.9 Å². The van der Waals surface area contributed by atoms with Gasteiger partial charge in [-0.3, -0.25) is 9.69 Å². The summed E-state index contributed by atoms with van der Waals surface area (Å²) in [6, 6.07) is 1.85. The summed E-state index contributed by atoms with van der Waals surface area (Å²) >= 11 is 0. The Bertz CT molecular complexity index is 645. The van der Waals surface area contributed by atoms with Crippen LogP contribution < -0.4 is 15.5 Å². The Labute approximate surface area is 196 Å². The van der Waals surface area contributed by atoms with Crippen LogP contribution in [0.4, 0.5) is 5.95 Å². The van der Waals surface area contributed by atoms with E-state index in [1.165, 1.54) is 0 Å². The van der Waals surface area contributed by atoms with E-state index in [9.17, 15) is 4.79 Å². The van der Waals surface area contributed by atoms with Crippen molar-refractivity contribution in [1.29, 1.82) is 0 Å². The van der Waals surface area contributed by atoms with Gasteiger partial charge in [-0.05, 0) is 38.8 Å². The van der Waals surface area contributed by atoms with Crippen molar-refractivity contribution in [2.24, 2.45) is 4.99 Å². The molecule has 1 amide bonds. The third-order valence-corrected chi connectivity index (χ3v) is 5.33. The summed E-state index contributed by atoms with van der Waals surface area (Å²) in [6.45, 7) is 10.6. The van der Waals surface area contributed by atoms with E-state index in [0.29, 0.717) is 0 Å². The number of carbonyl (C=O) groups is 1. The smallest absolute Gasteiger partial charge is 0.244 e. The number of guanidine groups is 1. The minimum Gasteiger partial charge on any atom is -0.357 e. The maximum atomic E-state index is 12.2. The lowest BCUT2D eigenvalue weighted by Gasteiger charge is -2.34. The second-order valence-electron chi connectivity index (χ2n) is 7.44. The van der Waals surface area contributed by atoms with Crippen molar-refractivity contribution in [3.63, 3.8) is 0 Å². The molecule has 0 radical (unpaired) electrons. The summed E-state index contributed by atoms with van der Waals surface area (Å²) in [4.78, 5) is 31.9. The zero-order valence-corrected chi connectivity index (χ0v) is 20.3. The maximum Gasteiger partial charge on any atom is 0.244 e. The minimum atomic E-state index is 0. The van der Waals surface area contributed by atoms with E-state index in [4.69, 9.17) is 0 Å². The van der Waals surface area contributed by atoms with Crippen LogP contribution in [-0.4, -0.2) is 97.1 Å². The Morgan fingerprint density at radius 3 is 2.43 bits per heavy atom. The van der Waals surface area contributed by atoms with Crippen molar-refractivity contribution in [2.75, 3.05) is 70.3 Å². The van der Waals surface area contributed by atoms with Gasteiger partial charge >= 0.3 is 0 Å². The van der Waals surface area contributed by atoms with Crippen LogP contribution in [0.25, 0.3) is 0 Å². The van der Waals surface area contributed by atoms with Gasteiger partial charge in [0.05, 0.1) is 0 Å². The largest absolute Gasteiger partial charge is 0.357 e. The fourth-order valence-electron chi connectivity index (χ4n) is 3.69. The molecule has 30 heavy (non-hydrogen) atoms. The maximum absolute atomic E-state index is 12.2. The molecule has 0 aliphatic carbocycles. The number of hydrogen-bond acceptors (Lipinski definition) is 6. The number of aromatic nitrogens is 2. The van der Waals surface area contributed by atoms with Crippen LogP contribution in [-0.2, 0) is 4.79 Å². The summed E-state index contributed by atoms with van der Waals surface area (Å²) in [5, 5.41) is 6.58. The number of nitrogens with one attached hydrogen (secondary N) is 2. The summed E-state index contributed by atoms with van der Waals surface area (Å²) in [7, 11) is 0. The van der Waals surface area contributed by atoms with Gasteiger partial charge in [-0.25, -0.2) is 15.0 Å². The van der Waals surface area contributed by atoms with E-state index < -0.39 is 0 Å². The van der Waals surface area contributed by atoms with Crippen LogP contribution >= 0.6 is 24.0 Å². The normalized spacial score (nSPS) is 17.6. The average molecular weight is 530 g/mol. The first kappa shape index (κ1) is 24.6. The molecule has 2 fully saturated rings. The van der Waals surface area contributed by atoms with E-state index in [2.05, 4.69) is 35.4 Å². The van der Waals surface area contributed by atoms with E-state index >= 15 is 0 Å². The molecule has 2 aliphatic rings. The fourth-order valence-corrected chi connectivity index (χ4v) is 3.69. The summed E-state index contributed by atoms with van der Waals surface area (Å²) < 4.78 is 0. The molecule has 1 aromatic rings. The molecular weight excluding hydrogens is 495 g/mol. The first-order valence-corrected chi connectivity index (χ1v) is 10.8. The summed E-state index contributed by atoms with van der Waals surface area (Å²) in [5.74, 6) is 1.68. The Hall–Kier alpha value is -1.69. The first-order chi connectivity index (χ1) is 14.3. The zero-order valence-electron chi connectivity index (χ0n) is 17.9. The van der Waals surface area contributed by atoms with Gasteiger partial charge in [-0.15, -0.1) is 24.0 Å².